The molecule has 0 aliphatic heterocycles. The standard InChI is InChI=1S/C13H27N3O2/c1-10(2)18-8-7-16(4)11-5-6-13(9-11,15-3)12(14)17/h10-11,15H,5-9H2,1-4H3,(H2,14,17). The topological polar surface area (TPSA) is 67.6 Å². The highest BCUT2D eigenvalue weighted by Crippen LogP contribution is 2.32. The zero-order valence-corrected chi connectivity index (χ0v) is 12.0. The van der Waals surface area contributed by atoms with Crippen LogP contribution in [0.4, 0.5) is 0 Å². The molecule has 0 heterocycles. The van der Waals surface area contributed by atoms with Crippen LogP contribution < -0.4 is 11.1 Å². The van der Waals surface area contributed by atoms with E-state index in [1.54, 1.807) is 0 Å². The molecule has 1 saturated carbocycles. The van der Waals surface area contributed by atoms with Gasteiger partial charge in [0.25, 0.3) is 0 Å². The smallest absolute Gasteiger partial charge is 0.237 e. The Labute approximate surface area is 110 Å². The molecule has 2 unspecified atom stereocenters. The largest absolute Gasteiger partial charge is 0.377 e. The van der Waals surface area contributed by atoms with Crippen molar-refractivity contribution in [2.75, 3.05) is 27.2 Å². The molecule has 5 heteroatoms. The number of ether oxygens (including phenoxy) is 1. The number of nitrogens with zero attached hydrogens (tertiary/aromatic N) is 1. The summed E-state index contributed by atoms with van der Waals surface area (Å²) in [6.07, 6.45) is 2.88. The molecule has 1 amide bonds. The summed E-state index contributed by atoms with van der Waals surface area (Å²) in [6, 6.07) is 0.403. The summed E-state index contributed by atoms with van der Waals surface area (Å²) >= 11 is 0. The number of carbonyl (C=O) groups is 1. The Hall–Kier alpha value is -0.650. The van der Waals surface area contributed by atoms with Gasteiger partial charge in [0.1, 0.15) is 0 Å². The quantitative estimate of drug-likeness (QED) is 0.690. The zero-order valence-electron chi connectivity index (χ0n) is 12.0. The molecule has 5 nitrogen and oxygen atoms in total. The number of hydrogen-bond donors (Lipinski definition) is 2. The number of amides is 1. The summed E-state index contributed by atoms with van der Waals surface area (Å²) in [5.74, 6) is -0.237. The summed E-state index contributed by atoms with van der Waals surface area (Å²) in [6.45, 7) is 5.69. The minimum atomic E-state index is -0.516. The molecule has 1 rings (SSSR count). The van der Waals surface area contributed by atoms with Gasteiger partial charge in [-0.2, -0.15) is 0 Å². The van der Waals surface area contributed by atoms with Crippen molar-refractivity contribution < 1.29 is 9.53 Å². The molecule has 1 fully saturated rings. The molecule has 2 atom stereocenters. The average molecular weight is 257 g/mol. The van der Waals surface area contributed by atoms with Gasteiger partial charge in [-0.3, -0.25) is 4.79 Å². The zero-order chi connectivity index (χ0) is 13.8. The lowest BCUT2D eigenvalue weighted by Gasteiger charge is -2.28. The molecule has 0 aromatic heterocycles. The highest BCUT2D eigenvalue weighted by atomic mass is 16.5. The minimum Gasteiger partial charge on any atom is -0.377 e. The van der Waals surface area contributed by atoms with E-state index in [0.29, 0.717) is 6.04 Å². The maximum absolute atomic E-state index is 11.5. The Kier molecular flexibility index (Phi) is 5.56. The summed E-state index contributed by atoms with van der Waals surface area (Å²) in [5.41, 5.74) is 4.98. The third-order valence-corrected chi connectivity index (χ3v) is 3.96. The summed E-state index contributed by atoms with van der Waals surface area (Å²) < 4.78 is 5.55. The summed E-state index contributed by atoms with van der Waals surface area (Å²) in [4.78, 5) is 13.8. The maximum atomic E-state index is 11.5. The first-order chi connectivity index (χ1) is 8.41. The van der Waals surface area contributed by atoms with Crippen molar-refractivity contribution in [3.63, 3.8) is 0 Å². The van der Waals surface area contributed by atoms with Crippen LogP contribution in [0.2, 0.25) is 0 Å². The van der Waals surface area contributed by atoms with E-state index in [2.05, 4.69) is 17.3 Å². The molecule has 1 aliphatic carbocycles. The van der Waals surface area contributed by atoms with E-state index >= 15 is 0 Å². The normalized spacial score (nSPS) is 28.2. The lowest BCUT2D eigenvalue weighted by atomic mass is 9.96. The van der Waals surface area contributed by atoms with Crippen molar-refractivity contribution in [3.05, 3.63) is 0 Å². The van der Waals surface area contributed by atoms with Gasteiger partial charge in [-0.15, -0.1) is 0 Å². The van der Waals surface area contributed by atoms with Gasteiger partial charge in [0.2, 0.25) is 5.91 Å². The van der Waals surface area contributed by atoms with Gasteiger partial charge in [0.15, 0.2) is 0 Å². The Morgan fingerprint density at radius 2 is 2.28 bits per heavy atom. The van der Waals surface area contributed by atoms with Gasteiger partial charge < -0.3 is 20.7 Å². The third kappa shape index (κ3) is 3.67. The van der Waals surface area contributed by atoms with E-state index in [1.807, 2.05) is 20.9 Å². The Balaban J connectivity index is 2.43. The number of hydrogen-bond acceptors (Lipinski definition) is 4. The van der Waals surface area contributed by atoms with Crippen molar-refractivity contribution in [2.45, 2.75) is 50.8 Å². The number of nitrogens with one attached hydrogen (secondary N) is 1. The molecule has 1 aliphatic rings. The number of nitrogens with two attached hydrogens (primary N) is 1. The number of carbonyl (C=O) groups excluding carboxylic acids is 1. The van der Waals surface area contributed by atoms with Crippen LogP contribution in [0, 0.1) is 0 Å². The van der Waals surface area contributed by atoms with Gasteiger partial charge in [-0.1, -0.05) is 0 Å². The van der Waals surface area contributed by atoms with Gasteiger partial charge in [0.05, 0.1) is 18.2 Å². The second-order valence-corrected chi connectivity index (χ2v) is 5.49. The van der Waals surface area contributed by atoms with E-state index in [1.165, 1.54) is 0 Å². The Morgan fingerprint density at radius 1 is 1.61 bits per heavy atom. The SMILES string of the molecule is CNC1(C(N)=O)CCC(N(C)CCOC(C)C)C1. The predicted molar refractivity (Wildman–Crippen MR) is 72.3 cm³/mol. The molecule has 106 valence electrons. The number of likely N-dealkylation sites (N-methyl/N-ethyl adjacent to an activating group) is 2. The monoisotopic (exact) mass is 257 g/mol. The fraction of sp³-hybridized carbons (Fsp3) is 0.923. The lowest BCUT2D eigenvalue weighted by Crippen LogP contribution is -2.53. The van der Waals surface area contributed by atoms with Crippen molar-refractivity contribution in [1.82, 2.24) is 10.2 Å². The second kappa shape index (κ2) is 6.50. The first-order valence-corrected chi connectivity index (χ1v) is 6.72. The third-order valence-electron chi connectivity index (χ3n) is 3.96. The fourth-order valence-electron chi connectivity index (χ4n) is 2.58. The first kappa shape index (κ1) is 15.4. The molecule has 0 bridgehead atoms. The van der Waals surface area contributed by atoms with E-state index in [0.717, 1.165) is 32.4 Å². The minimum absolute atomic E-state index is 0.237. The van der Waals surface area contributed by atoms with Gasteiger partial charge >= 0.3 is 0 Å². The number of primary amides is 1. The first-order valence-electron chi connectivity index (χ1n) is 6.72. The molecule has 0 saturated heterocycles. The molecule has 0 spiro atoms. The molecule has 0 aromatic rings. The van der Waals surface area contributed by atoms with Crippen molar-refractivity contribution in [2.24, 2.45) is 5.73 Å². The highest BCUT2D eigenvalue weighted by molar-refractivity contribution is 5.85. The molecule has 0 radical (unpaired) electrons. The fourth-order valence-corrected chi connectivity index (χ4v) is 2.58. The van der Waals surface area contributed by atoms with E-state index in [-0.39, 0.29) is 12.0 Å². The van der Waals surface area contributed by atoms with Gasteiger partial charge in [-0.25, -0.2) is 0 Å². The highest BCUT2D eigenvalue weighted by Gasteiger charge is 2.43. The van der Waals surface area contributed by atoms with Gasteiger partial charge in [-0.05, 0) is 47.2 Å². The van der Waals surface area contributed by atoms with Gasteiger partial charge in [0, 0.05) is 12.6 Å². The van der Waals surface area contributed by atoms with Crippen LogP contribution in [-0.2, 0) is 9.53 Å². The molecule has 3 N–H and O–H groups in total. The molecular weight excluding hydrogens is 230 g/mol. The van der Waals surface area contributed by atoms with Crippen LogP contribution in [0.25, 0.3) is 0 Å². The van der Waals surface area contributed by atoms with Crippen LogP contribution in [0.15, 0.2) is 0 Å². The van der Waals surface area contributed by atoms with E-state index in [9.17, 15) is 4.79 Å². The van der Waals surface area contributed by atoms with Crippen molar-refractivity contribution >= 4 is 5.91 Å². The van der Waals surface area contributed by atoms with Crippen LogP contribution in [0.3, 0.4) is 0 Å². The van der Waals surface area contributed by atoms with Crippen molar-refractivity contribution in [1.29, 1.82) is 0 Å². The molecular formula is C13H27N3O2. The average Bonchev–Trinajstić information content (AvgIpc) is 2.74. The van der Waals surface area contributed by atoms with Crippen LogP contribution >= 0.6 is 0 Å². The lowest BCUT2D eigenvalue weighted by molar-refractivity contribution is -0.124. The number of rotatable bonds is 7. The van der Waals surface area contributed by atoms with Crippen molar-refractivity contribution in [3.8, 4) is 0 Å². The summed E-state index contributed by atoms with van der Waals surface area (Å²) in [7, 11) is 3.90. The van der Waals surface area contributed by atoms with Crippen LogP contribution in [0.5, 0.6) is 0 Å². The van der Waals surface area contributed by atoms with E-state index < -0.39 is 5.54 Å². The predicted octanol–water partition coefficient (Wildman–Crippen LogP) is 0.339. The molecule has 18 heavy (non-hydrogen) atoms. The summed E-state index contributed by atoms with van der Waals surface area (Å²) in [5, 5.41) is 3.10. The van der Waals surface area contributed by atoms with Crippen LogP contribution in [0.1, 0.15) is 33.1 Å². The van der Waals surface area contributed by atoms with E-state index in [4.69, 9.17) is 10.5 Å². The maximum Gasteiger partial charge on any atom is 0.237 e. The second-order valence-electron chi connectivity index (χ2n) is 5.49. The van der Waals surface area contributed by atoms with Crippen LogP contribution in [-0.4, -0.2) is 55.7 Å². The Morgan fingerprint density at radius 3 is 2.72 bits per heavy atom. The Bertz CT molecular complexity index is 283. The molecule has 0 aromatic carbocycles.